The number of nitrogens with zero attached hydrogens (tertiary/aromatic N) is 8. The molecule has 6 rings (SSSR count). The lowest BCUT2D eigenvalue weighted by molar-refractivity contribution is 0.0991. The molecule has 0 spiro atoms. The molecular weight excluding hydrogens is 759 g/mol. The van der Waals surface area contributed by atoms with Gasteiger partial charge in [0.25, 0.3) is 11.8 Å². The van der Waals surface area contributed by atoms with Crippen molar-refractivity contribution in [1.82, 2.24) is 44.0 Å². The molecule has 4 amide bonds. The molecule has 2 aromatic carbocycles. The number of hydrogen-bond acceptors (Lipinski definition) is 11. The molecule has 0 bridgehead atoms. The summed E-state index contributed by atoms with van der Waals surface area (Å²) < 4.78 is 18.6. The summed E-state index contributed by atoms with van der Waals surface area (Å²) in [6, 6.07) is 9.55. The fourth-order valence-corrected chi connectivity index (χ4v) is 6.62. The van der Waals surface area contributed by atoms with Crippen LogP contribution in [0.2, 0.25) is 0 Å². The Bertz CT molecular complexity index is 2560. The van der Waals surface area contributed by atoms with Crippen LogP contribution in [-0.4, -0.2) is 89.6 Å². The van der Waals surface area contributed by atoms with Crippen LogP contribution >= 0.6 is 0 Å². The van der Waals surface area contributed by atoms with E-state index in [4.69, 9.17) is 25.9 Å². The first-order chi connectivity index (χ1) is 27.9. The summed E-state index contributed by atoms with van der Waals surface area (Å²) in [7, 11) is 3.30. The predicted molar refractivity (Wildman–Crippen MR) is 224 cm³/mol. The number of primary amides is 2. The number of aryl methyl sites for hydroxylation is 4. The highest BCUT2D eigenvalue weighted by Gasteiger charge is 2.23. The molecule has 0 atom stereocenters. The lowest BCUT2D eigenvalue weighted by Crippen LogP contribution is -2.20. The van der Waals surface area contributed by atoms with Gasteiger partial charge in [0.2, 0.25) is 23.7 Å². The summed E-state index contributed by atoms with van der Waals surface area (Å²) in [5, 5.41) is 17.7. The van der Waals surface area contributed by atoms with Gasteiger partial charge < -0.3 is 35.4 Å². The van der Waals surface area contributed by atoms with Crippen LogP contribution in [-0.2, 0) is 26.2 Å². The largest absolute Gasteiger partial charge is 0.494 e. The van der Waals surface area contributed by atoms with Crippen LogP contribution in [0.15, 0.2) is 48.6 Å². The molecule has 0 unspecified atom stereocenters. The van der Waals surface area contributed by atoms with E-state index < -0.39 is 23.6 Å². The molecule has 19 heteroatoms. The summed E-state index contributed by atoms with van der Waals surface area (Å²) in [5.41, 5.74) is 15.6. The molecule has 6 aromatic rings. The zero-order chi connectivity index (χ0) is 41.7. The molecule has 0 saturated carbocycles. The number of methoxy groups -OCH3 is 1. The van der Waals surface area contributed by atoms with E-state index >= 15 is 0 Å². The number of rotatable bonds is 18. The van der Waals surface area contributed by atoms with Gasteiger partial charge in [0.1, 0.15) is 33.9 Å². The third-order valence-corrected chi connectivity index (χ3v) is 9.29. The number of benzene rings is 2. The minimum absolute atomic E-state index is 0. The first-order valence-corrected chi connectivity index (χ1v) is 18.7. The number of ether oxygens (including phenoxy) is 2. The van der Waals surface area contributed by atoms with E-state index in [9.17, 15) is 19.2 Å². The number of anilines is 2. The van der Waals surface area contributed by atoms with E-state index in [1.807, 2.05) is 33.0 Å². The lowest BCUT2D eigenvalue weighted by Gasteiger charge is -2.13. The number of imidazole rings is 2. The molecule has 0 aliphatic rings. The van der Waals surface area contributed by atoms with Crippen LogP contribution < -0.4 is 36.9 Å². The number of nitrogens with one attached hydrogen (secondary N) is 3. The fraction of sp³-hybridized carbons (Fsp3) is 0.350. The Morgan fingerprint density at radius 3 is 1.61 bits per heavy atom. The van der Waals surface area contributed by atoms with Crippen molar-refractivity contribution < 1.29 is 28.7 Å². The maximum absolute atomic E-state index is 13.7. The van der Waals surface area contributed by atoms with Gasteiger partial charge in [-0.3, -0.25) is 39.2 Å². The van der Waals surface area contributed by atoms with Gasteiger partial charge in [0.05, 0.1) is 36.1 Å². The summed E-state index contributed by atoms with van der Waals surface area (Å²) in [6.45, 7) is 9.72. The van der Waals surface area contributed by atoms with E-state index in [0.717, 1.165) is 0 Å². The number of hydrogen-bond donors (Lipinski definition) is 5. The summed E-state index contributed by atoms with van der Waals surface area (Å²) in [6.07, 6.45) is 4.37. The van der Waals surface area contributed by atoms with Crippen LogP contribution in [0.5, 0.6) is 11.5 Å². The third kappa shape index (κ3) is 9.09. The topological polar surface area (TPSA) is 246 Å². The Balaban J connectivity index is 0.00000661. The number of nitrogens with two attached hydrogens (primary N) is 2. The van der Waals surface area contributed by atoms with Gasteiger partial charge in [-0.25, -0.2) is 9.97 Å². The Kier molecular flexibility index (Phi) is 13.5. The van der Waals surface area contributed by atoms with E-state index in [-0.39, 0.29) is 43.5 Å². The van der Waals surface area contributed by atoms with Crippen molar-refractivity contribution in [2.24, 2.45) is 11.5 Å². The predicted octanol–water partition coefficient (Wildman–Crippen LogP) is 4.03. The number of carbonyl (C=O) groups excluding carboxylic acids is 4. The molecule has 0 fully saturated rings. The van der Waals surface area contributed by atoms with Crippen LogP contribution in [0.25, 0.3) is 22.1 Å². The lowest BCUT2D eigenvalue weighted by atomic mass is 10.1. The second-order valence-electron chi connectivity index (χ2n) is 13.4. The van der Waals surface area contributed by atoms with Gasteiger partial charge in [0.15, 0.2) is 0 Å². The van der Waals surface area contributed by atoms with E-state index in [2.05, 4.69) is 31.1 Å². The van der Waals surface area contributed by atoms with Gasteiger partial charge in [-0.2, -0.15) is 10.2 Å². The molecule has 312 valence electrons. The van der Waals surface area contributed by atoms with Crippen molar-refractivity contribution in [3.05, 3.63) is 82.5 Å². The Morgan fingerprint density at radius 1 is 0.729 bits per heavy atom. The first kappa shape index (κ1) is 43.1. The highest BCUT2D eigenvalue weighted by molar-refractivity contribution is 6.05. The molecule has 19 nitrogen and oxygen atoms in total. The van der Waals surface area contributed by atoms with Crippen molar-refractivity contribution in [2.75, 3.05) is 37.9 Å². The Hall–Kier alpha value is -7.02. The number of allylic oxidation sites excluding steroid dienone is 2. The molecule has 0 aliphatic carbocycles. The second kappa shape index (κ2) is 18.5. The molecule has 4 aromatic heterocycles. The summed E-state index contributed by atoms with van der Waals surface area (Å²) >= 11 is 0. The molecule has 0 saturated heterocycles. The van der Waals surface area contributed by atoms with Crippen molar-refractivity contribution >= 4 is 57.6 Å². The molecule has 0 aliphatic heterocycles. The zero-order valence-electron chi connectivity index (χ0n) is 33.3. The van der Waals surface area contributed by atoms with Crippen LogP contribution in [0.1, 0.15) is 80.8 Å². The number of aromatic nitrogens is 8. The first-order valence-electron chi connectivity index (χ1n) is 18.7. The van der Waals surface area contributed by atoms with Gasteiger partial charge in [-0.15, -0.1) is 0 Å². The molecule has 59 heavy (non-hydrogen) atoms. The number of amides is 4. The maximum Gasteiger partial charge on any atom is 0.276 e. The van der Waals surface area contributed by atoms with Gasteiger partial charge in [-0.1, -0.05) is 19.6 Å². The summed E-state index contributed by atoms with van der Waals surface area (Å²) in [5.74, 6) is -1.13. The fourth-order valence-electron chi connectivity index (χ4n) is 6.62. The van der Waals surface area contributed by atoms with Crippen molar-refractivity contribution in [3.8, 4) is 11.5 Å². The average Bonchev–Trinajstić information content (AvgIpc) is 3.96. The minimum atomic E-state index is -0.666. The smallest absolute Gasteiger partial charge is 0.276 e. The maximum atomic E-state index is 13.7. The van der Waals surface area contributed by atoms with E-state index in [1.165, 1.54) is 19.2 Å². The standard InChI is InChI=1S/C39H47N13O6.CH4/c1-7-51-28(16-22(3)47-51)36(55)45-38-43-26-18-24(34(40)53)20-30(57-6)32(26)49(38)13-9-10-14-50-33-27(19-25(35(41)54)21-31(33)58-15-11-12-42-5)44-39(50)46-37(56)29-17-23(4)48-52(29)8-2;/h9-10,16-21,42H,7-8,11-15H2,1-6H3,(H2,40,53)(H2,41,54)(H,43,45,55)(H,44,46,56);1H4/b10-9+;. The average molecular weight is 810 g/mol. The highest BCUT2D eigenvalue weighted by Crippen LogP contribution is 2.33. The monoisotopic (exact) mass is 809 g/mol. The van der Waals surface area contributed by atoms with Crippen LogP contribution in [0.4, 0.5) is 11.9 Å². The third-order valence-electron chi connectivity index (χ3n) is 9.29. The normalized spacial score (nSPS) is 11.3. The van der Waals surface area contributed by atoms with Gasteiger partial charge in [-0.05, 0) is 84.1 Å². The van der Waals surface area contributed by atoms with Crippen molar-refractivity contribution in [1.29, 1.82) is 0 Å². The zero-order valence-corrected chi connectivity index (χ0v) is 33.3. The number of fused-ring (bicyclic) bond motifs is 2. The SMILES string of the molecule is C.CCn1nc(C)cc1C(=O)Nc1nc2cc(C(N)=O)cc(OC)c2n1C/C=C/Cn1c(NC(=O)c2cc(C)nn2CC)nc2cc(C(N)=O)cc(OCCCNC)c21. The summed E-state index contributed by atoms with van der Waals surface area (Å²) in [4.78, 5) is 61.3. The van der Waals surface area contributed by atoms with Crippen molar-refractivity contribution in [3.63, 3.8) is 0 Å². The molecule has 4 heterocycles. The van der Waals surface area contributed by atoms with E-state index in [1.54, 1.807) is 56.6 Å². The van der Waals surface area contributed by atoms with Crippen molar-refractivity contribution in [2.45, 2.75) is 67.7 Å². The van der Waals surface area contributed by atoms with E-state index in [0.29, 0.717) is 89.0 Å². The van der Waals surface area contributed by atoms with Gasteiger partial charge >= 0.3 is 0 Å². The Morgan fingerprint density at radius 2 is 1.19 bits per heavy atom. The van der Waals surface area contributed by atoms with Crippen LogP contribution in [0, 0.1) is 13.8 Å². The highest BCUT2D eigenvalue weighted by atomic mass is 16.5. The van der Waals surface area contributed by atoms with Crippen LogP contribution in [0.3, 0.4) is 0 Å². The molecule has 7 N–H and O–H groups in total. The Labute approximate surface area is 340 Å². The molecule has 0 radical (unpaired) electrons. The number of carbonyl (C=O) groups is 4. The van der Waals surface area contributed by atoms with Gasteiger partial charge in [0, 0.05) is 37.3 Å². The minimum Gasteiger partial charge on any atom is -0.494 e. The quantitative estimate of drug-likeness (QED) is 0.0613. The second-order valence-corrected chi connectivity index (χ2v) is 13.4. The molecular formula is C40H51N13O6.